The predicted octanol–water partition coefficient (Wildman–Crippen LogP) is 3.66. The normalized spacial score (nSPS) is 40.8. The number of allylic oxidation sites excluding steroid dienone is 1. The van der Waals surface area contributed by atoms with Gasteiger partial charge in [0.05, 0.1) is 24.9 Å². The largest absolute Gasteiger partial charge is 0.386 e. The summed E-state index contributed by atoms with van der Waals surface area (Å²) in [6.07, 6.45) is 3.51. The number of H-pyrrole nitrogens is 1. The third-order valence-corrected chi connectivity index (χ3v) is 12.8. The SMILES string of the molecule is C=C(C)[C@H]1CC[C@@]2(C)S[P@](=S)(O[C@H]3[C@@H](O)[C@H](n4cnc5c(=O)[nH]cnc54)O[C@@H]3CC)O[C@@H]2C1. The number of aromatic amines is 1. The van der Waals surface area contributed by atoms with Crippen molar-refractivity contribution in [1.82, 2.24) is 19.5 Å². The van der Waals surface area contributed by atoms with Crippen molar-refractivity contribution in [2.45, 2.75) is 81.8 Å². The molecule has 1 aliphatic carbocycles. The van der Waals surface area contributed by atoms with E-state index in [0.717, 1.165) is 19.3 Å². The van der Waals surface area contributed by atoms with Gasteiger partial charge >= 0.3 is 0 Å². The molecule has 180 valence electrons. The third kappa shape index (κ3) is 4.05. The van der Waals surface area contributed by atoms with E-state index in [1.54, 1.807) is 15.9 Å². The Balaban J connectivity index is 1.38. The Hall–Kier alpha value is -1.07. The van der Waals surface area contributed by atoms with Crippen LogP contribution in [0.2, 0.25) is 0 Å². The van der Waals surface area contributed by atoms with Crippen molar-refractivity contribution >= 4 is 40.0 Å². The molecular formula is C21H29N4O5PS2. The molecule has 0 unspecified atom stereocenters. The fraction of sp³-hybridized carbons (Fsp3) is 0.667. The fourth-order valence-corrected chi connectivity index (χ4v) is 12.6. The monoisotopic (exact) mass is 512 g/mol. The first kappa shape index (κ1) is 23.7. The lowest BCUT2D eigenvalue weighted by Gasteiger charge is -2.37. The van der Waals surface area contributed by atoms with Crippen molar-refractivity contribution in [2.24, 2.45) is 5.92 Å². The average Bonchev–Trinajstić information content (AvgIpc) is 3.39. The van der Waals surface area contributed by atoms with E-state index < -0.39 is 24.1 Å². The van der Waals surface area contributed by atoms with E-state index in [9.17, 15) is 9.90 Å². The molecule has 0 bridgehead atoms. The maximum absolute atomic E-state index is 12.0. The number of rotatable bonds is 5. The Kier molecular flexibility index (Phi) is 6.13. The molecule has 4 heterocycles. The first-order chi connectivity index (χ1) is 15.6. The molecule has 0 spiro atoms. The van der Waals surface area contributed by atoms with Crippen LogP contribution in [0.25, 0.3) is 11.2 Å². The molecule has 0 radical (unpaired) electrons. The van der Waals surface area contributed by atoms with Crippen molar-refractivity contribution in [1.29, 1.82) is 0 Å². The molecule has 1 saturated carbocycles. The molecule has 2 aliphatic heterocycles. The molecule has 5 rings (SSSR count). The first-order valence-corrected chi connectivity index (χ1v) is 15.3. The van der Waals surface area contributed by atoms with Crippen molar-refractivity contribution < 1.29 is 18.9 Å². The van der Waals surface area contributed by atoms with Crippen molar-refractivity contribution in [3.63, 3.8) is 0 Å². The number of aliphatic hydroxyl groups excluding tert-OH is 1. The number of hydrogen-bond acceptors (Lipinski definition) is 9. The number of fused-ring (bicyclic) bond motifs is 2. The minimum atomic E-state index is -2.71. The van der Waals surface area contributed by atoms with Crippen LogP contribution in [0.5, 0.6) is 0 Å². The van der Waals surface area contributed by atoms with Crippen LogP contribution < -0.4 is 5.56 Å². The smallest absolute Gasteiger partial charge is 0.278 e. The van der Waals surface area contributed by atoms with Crippen LogP contribution >= 0.6 is 17.1 Å². The fourth-order valence-electron chi connectivity index (χ4n) is 5.04. The second kappa shape index (κ2) is 8.55. The van der Waals surface area contributed by atoms with Crippen LogP contribution in [-0.4, -0.2) is 53.8 Å². The summed E-state index contributed by atoms with van der Waals surface area (Å²) in [4.78, 5) is 22.9. The summed E-state index contributed by atoms with van der Waals surface area (Å²) in [5.74, 6) is 0.434. The van der Waals surface area contributed by atoms with Crippen LogP contribution in [0.3, 0.4) is 0 Å². The second-order valence-electron chi connectivity index (χ2n) is 9.35. The standard InChI is InChI=1S/C21H29N4O5PS2/c1-5-13-17(16(26)20(28-13)25-10-24-15-18(25)22-9-23-19(15)27)30-31(32)29-14-8-12(11(2)3)6-7-21(14,4)33-31/h9-10,12-14,16-17,20,26H,2,5-8H2,1,3-4H3,(H,22,23,27)/t12-,13+,14+,16+,17+,20+,21+,31-/m0/s1. The second-order valence-corrected chi connectivity index (χ2v) is 15.9. The Morgan fingerprint density at radius 3 is 3.06 bits per heavy atom. The van der Waals surface area contributed by atoms with E-state index in [0.29, 0.717) is 18.0 Å². The van der Waals surface area contributed by atoms with Gasteiger partial charge in [0.15, 0.2) is 17.4 Å². The number of aromatic nitrogens is 4. The lowest BCUT2D eigenvalue weighted by Crippen LogP contribution is -2.39. The van der Waals surface area contributed by atoms with E-state index in [1.807, 2.05) is 6.92 Å². The molecule has 2 saturated heterocycles. The van der Waals surface area contributed by atoms with Crippen LogP contribution in [0.15, 0.2) is 29.6 Å². The quantitative estimate of drug-likeness (QED) is 0.458. The summed E-state index contributed by atoms with van der Waals surface area (Å²) in [7, 11) is 0. The zero-order valence-corrected chi connectivity index (χ0v) is 21.4. The average molecular weight is 513 g/mol. The molecule has 2 aromatic heterocycles. The molecule has 3 fully saturated rings. The first-order valence-electron chi connectivity index (χ1n) is 11.2. The summed E-state index contributed by atoms with van der Waals surface area (Å²) in [6.45, 7) is 10.4. The number of aliphatic hydroxyl groups is 1. The third-order valence-electron chi connectivity index (χ3n) is 7.04. The molecule has 9 nitrogen and oxygen atoms in total. The highest BCUT2D eigenvalue weighted by atomic mass is 32.9. The lowest BCUT2D eigenvalue weighted by atomic mass is 9.77. The summed E-state index contributed by atoms with van der Waals surface area (Å²) in [6, 6.07) is 0. The van der Waals surface area contributed by atoms with Gasteiger partial charge in [-0.25, -0.2) is 9.97 Å². The minimum absolute atomic E-state index is 0.00707. The number of nitrogens with one attached hydrogen (secondary N) is 1. The Morgan fingerprint density at radius 1 is 1.55 bits per heavy atom. The highest BCUT2D eigenvalue weighted by molar-refractivity contribution is 8.68. The number of nitrogens with zero attached hydrogens (tertiary/aromatic N) is 3. The van der Waals surface area contributed by atoms with Gasteiger partial charge < -0.3 is 23.9 Å². The topological polar surface area (TPSA) is 111 Å². The number of hydrogen-bond donors (Lipinski definition) is 2. The lowest BCUT2D eigenvalue weighted by molar-refractivity contribution is -0.0355. The highest BCUT2D eigenvalue weighted by Crippen LogP contribution is 2.76. The van der Waals surface area contributed by atoms with Gasteiger partial charge in [0.1, 0.15) is 12.2 Å². The summed E-state index contributed by atoms with van der Waals surface area (Å²) in [5, 5.41) is 11.2. The predicted molar refractivity (Wildman–Crippen MR) is 131 cm³/mol. The van der Waals surface area contributed by atoms with Gasteiger partial charge in [-0.3, -0.25) is 9.36 Å². The number of imidazole rings is 1. The number of ether oxygens (including phenoxy) is 1. The van der Waals surface area contributed by atoms with Gasteiger partial charge in [-0.1, -0.05) is 30.5 Å². The van der Waals surface area contributed by atoms with Gasteiger partial charge in [-0.05, 0) is 57.3 Å². The van der Waals surface area contributed by atoms with Gasteiger partial charge in [-0.15, -0.1) is 0 Å². The molecule has 2 N–H and O–H groups in total. The molecule has 2 aromatic rings. The van der Waals surface area contributed by atoms with Gasteiger partial charge in [0, 0.05) is 4.75 Å². The van der Waals surface area contributed by atoms with E-state index >= 15 is 0 Å². The van der Waals surface area contributed by atoms with Crippen molar-refractivity contribution in [2.75, 3.05) is 0 Å². The van der Waals surface area contributed by atoms with Gasteiger partial charge in [0.25, 0.3) is 5.56 Å². The summed E-state index contributed by atoms with van der Waals surface area (Å²) in [5.41, 5.74) is -1.34. The zero-order valence-electron chi connectivity index (χ0n) is 18.8. The van der Waals surface area contributed by atoms with E-state index in [1.165, 1.54) is 18.2 Å². The molecule has 3 aliphatic rings. The maximum Gasteiger partial charge on any atom is 0.278 e. The zero-order chi connectivity index (χ0) is 23.5. The minimum Gasteiger partial charge on any atom is -0.386 e. The van der Waals surface area contributed by atoms with Crippen LogP contribution in [-0.2, 0) is 25.6 Å². The maximum atomic E-state index is 12.0. The summed E-state index contributed by atoms with van der Waals surface area (Å²) < 4.78 is 20.5. The molecule has 8 atom stereocenters. The van der Waals surface area contributed by atoms with Gasteiger partial charge in [-0.2, -0.15) is 0 Å². The Morgan fingerprint density at radius 2 is 2.33 bits per heavy atom. The molecular weight excluding hydrogens is 483 g/mol. The van der Waals surface area contributed by atoms with Crippen molar-refractivity contribution in [3.05, 3.63) is 35.2 Å². The molecule has 0 aromatic carbocycles. The van der Waals surface area contributed by atoms with Crippen LogP contribution in [0.1, 0.15) is 52.7 Å². The van der Waals surface area contributed by atoms with E-state index in [4.69, 9.17) is 25.6 Å². The van der Waals surface area contributed by atoms with Gasteiger partial charge in [0.2, 0.25) is 5.69 Å². The molecule has 0 amide bonds. The van der Waals surface area contributed by atoms with Crippen LogP contribution in [0, 0.1) is 5.92 Å². The van der Waals surface area contributed by atoms with E-state index in [-0.39, 0.29) is 28.0 Å². The van der Waals surface area contributed by atoms with E-state index in [2.05, 4.69) is 35.4 Å². The molecule has 12 heteroatoms. The highest BCUT2D eigenvalue weighted by Gasteiger charge is 2.56. The molecule has 33 heavy (non-hydrogen) atoms. The Bertz CT molecular complexity index is 1190. The Labute approximate surface area is 201 Å². The van der Waals surface area contributed by atoms with Crippen molar-refractivity contribution in [3.8, 4) is 0 Å². The summed E-state index contributed by atoms with van der Waals surface area (Å²) >= 11 is 7.57. The van der Waals surface area contributed by atoms with Crippen LogP contribution in [0.4, 0.5) is 0 Å².